The molecule has 0 spiro atoms. The average molecular weight is 257 g/mol. The summed E-state index contributed by atoms with van der Waals surface area (Å²) in [6.45, 7) is 0.199. The average Bonchev–Trinajstić information content (AvgIpc) is 2.27. The summed E-state index contributed by atoms with van der Waals surface area (Å²) >= 11 is 0. The molecule has 0 aliphatic carbocycles. The molecule has 1 heterocycles. The van der Waals surface area contributed by atoms with Crippen molar-refractivity contribution in [3.63, 3.8) is 0 Å². The minimum absolute atomic E-state index is 0.111. The number of alkyl halides is 3. The predicted molar refractivity (Wildman–Crippen MR) is 59.7 cm³/mol. The molecule has 18 heavy (non-hydrogen) atoms. The van der Waals surface area contributed by atoms with Crippen molar-refractivity contribution in [2.24, 2.45) is 5.73 Å². The monoisotopic (exact) mass is 257 g/mol. The summed E-state index contributed by atoms with van der Waals surface area (Å²) in [5.41, 5.74) is 3.83. The molecule has 0 radical (unpaired) electrons. The molecule has 0 aliphatic heterocycles. The van der Waals surface area contributed by atoms with Gasteiger partial charge in [0.05, 0.1) is 5.56 Å². The number of amides is 1. The zero-order chi connectivity index (χ0) is 13.8. The van der Waals surface area contributed by atoms with Gasteiger partial charge in [-0.05, 0) is 12.1 Å². The fourth-order valence-electron chi connectivity index (χ4n) is 1.20. The van der Waals surface area contributed by atoms with Crippen LogP contribution in [-0.2, 0) is 6.18 Å². The van der Waals surface area contributed by atoms with Gasteiger partial charge < -0.3 is 11.1 Å². The highest BCUT2D eigenvalue weighted by Gasteiger charge is 2.33. The summed E-state index contributed by atoms with van der Waals surface area (Å²) < 4.78 is 37.4. The molecular formula is C11H10F3N3O. The second kappa shape index (κ2) is 5.40. The maximum atomic E-state index is 12.5. The lowest BCUT2D eigenvalue weighted by atomic mass is 10.2. The van der Waals surface area contributed by atoms with E-state index in [1.165, 1.54) is 0 Å². The van der Waals surface area contributed by atoms with Crippen molar-refractivity contribution in [2.75, 3.05) is 11.9 Å². The van der Waals surface area contributed by atoms with Gasteiger partial charge >= 0.3 is 6.18 Å². The van der Waals surface area contributed by atoms with Crippen LogP contribution in [0, 0.1) is 12.3 Å². The fraction of sp³-hybridized carbons (Fsp3) is 0.273. The lowest BCUT2D eigenvalue weighted by Crippen LogP contribution is -2.18. The van der Waals surface area contributed by atoms with Crippen LogP contribution in [-0.4, -0.2) is 17.4 Å². The second-order valence-electron chi connectivity index (χ2n) is 3.34. The molecule has 0 aromatic carbocycles. The van der Waals surface area contributed by atoms with Crippen molar-refractivity contribution in [2.45, 2.75) is 12.6 Å². The van der Waals surface area contributed by atoms with E-state index in [-0.39, 0.29) is 24.3 Å². The number of carbonyl (C=O) groups is 1. The van der Waals surface area contributed by atoms with Crippen molar-refractivity contribution in [3.05, 3.63) is 23.4 Å². The molecular weight excluding hydrogens is 247 g/mol. The van der Waals surface area contributed by atoms with E-state index < -0.39 is 17.8 Å². The first-order valence-corrected chi connectivity index (χ1v) is 4.91. The highest BCUT2D eigenvalue weighted by atomic mass is 19.4. The maximum absolute atomic E-state index is 12.5. The summed E-state index contributed by atoms with van der Waals surface area (Å²) in [5.74, 6) is 1.23. The number of nitrogens with two attached hydrogens (primary N) is 1. The lowest BCUT2D eigenvalue weighted by molar-refractivity contribution is -0.141. The number of nitrogens with zero attached hydrogens (tertiary/aromatic N) is 1. The number of rotatable bonds is 4. The molecule has 96 valence electrons. The summed E-state index contributed by atoms with van der Waals surface area (Å²) in [6.07, 6.45) is 0.711. The van der Waals surface area contributed by atoms with Crippen LogP contribution in [0.3, 0.4) is 0 Å². The minimum Gasteiger partial charge on any atom is -0.368 e. The second-order valence-corrected chi connectivity index (χ2v) is 3.34. The Morgan fingerprint density at radius 2 is 2.17 bits per heavy atom. The van der Waals surface area contributed by atoms with Crippen LogP contribution in [0.15, 0.2) is 12.1 Å². The summed E-state index contributed by atoms with van der Waals surface area (Å²) in [7, 11) is 0. The zero-order valence-corrected chi connectivity index (χ0v) is 9.21. The Hall–Kier alpha value is -2.23. The number of terminal acetylenes is 1. The Bertz CT molecular complexity index is 491. The number of hydrogen-bond donors (Lipinski definition) is 2. The smallest absolute Gasteiger partial charge is 0.368 e. The third-order valence-electron chi connectivity index (χ3n) is 2.01. The summed E-state index contributed by atoms with van der Waals surface area (Å²) in [5, 5.41) is 2.55. The van der Waals surface area contributed by atoms with E-state index in [2.05, 4.69) is 16.2 Å². The number of halogens is 3. The minimum atomic E-state index is -4.58. The number of primary amides is 1. The molecule has 1 amide bonds. The van der Waals surface area contributed by atoms with Crippen molar-refractivity contribution in [1.82, 2.24) is 4.98 Å². The SMILES string of the molecule is C#CCCNc1nc(C(F)(F)F)ccc1C(N)=O. The fourth-order valence-corrected chi connectivity index (χ4v) is 1.20. The van der Waals surface area contributed by atoms with Gasteiger partial charge in [0, 0.05) is 13.0 Å². The van der Waals surface area contributed by atoms with Gasteiger partial charge in [-0.3, -0.25) is 4.79 Å². The molecule has 0 aliphatic rings. The molecule has 4 nitrogen and oxygen atoms in total. The lowest BCUT2D eigenvalue weighted by Gasteiger charge is -2.11. The van der Waals surface area contributed by atoms with Crippen molar-refractivity contribution in [3.8, 4) is 12.3 Å². The number of anilines is 1. The molecule has 0 atom stereocenters. The van der Waals surface area contributed by atoms with Gasteiger partial charge in [-0.2, -0.15) is 13.2 Å². The molecule has 1 aromatic rings. The van der Waals surface area contributed by atoms with Crippen LogP contribution in [0.4, 0.5) is 19.0 Å². The van der Waals surface area contributed by atoms with E-state index in [0.29, 0.717) is 6.07 Å². The molecule has 0 unspecified atom stereocenters. The molecule has 0 fully saturated rings. The number of aromatic nitrogens is 1. The van der Waals surface area contributed by atoms with Gasteiger partial charge in [-0.1, -0.05) is 0 Å². The molecule has 7 heteroatoms. The third kappa shape index (κ3) is 3.38. The van der Waals surface area contributed by atoms with Crippen LogP contribution in [0.5, 0.6) is 0 Å². The van der Waals surface area contributed by atoms with E-state index in [9.17, 15) is 18.0 Å². The van der Waals surface area contributed by atoms with Gasteiger partial charge in [0.1, 0.15) is 11.5 Å². The Kier molecular flexibility index (Phi) is 4.15. The maximum Gasteiger partial charge on any atom is 0.433 e. The number of nitrogens with one attached hydrogen (secondary N) is 1. The molecule has 0 saturated heterocycles. The molecule has 3 N–H and O–H groups in total. The van der Waals surface area contributed by atoms with Crippen LogP contribution in [0.25, 0.3) is 0 Å². The first-order chi connectivity index (χ1) is 8.36. The Balaban J connectivity index is 3.09. The Labute approximate surface area is 101 Å². The molecule has 0 bridgehead atoms. The quantitative estimate of drug-likeness (QED) is 0.636. The topological polar surface area (TPSA) is 68.0 Å². The Morgan fingerprint density at radius 1 is 1.50 bits per heavy atom. The number of hydrogen-bond acceptors (Lipinski definition) is 3. The van der Waals surface area contributed by atoms with Crippen LogP contribution in [0.1, 0.15) is 22.5 Å². The van der Waals surface area contributed by atoms with Crippen LogP contribution < -0.4 is 11.1 Å². The zero-order valence-electron chi connectivity index (χ0n) is 9.21. The van der Waals surface area contributed by atoms with Crippen molar-refractivity contribution in [1.29, 1.82) is 0 Å². The Morgan fingerprint density at radius 3 is 2.67 bits per heavy atom. The van der Waals surface area contributed by atoms with E-state index in [0.717, 1.165) is 6.07 Å². The summed E-state index contributed by atoms with van der Waals surface area (Å²) in [6, 6.07) is 1.68. The largest absolute Gasteiger partial charge is 0.433 e. The van der Waals surface area contributed by atoms with E-state index in [4.69, 9.17) is 12.2 Å². The predicted octanol–water partition coefficient (Wildman–Crippen LogP) is 1.63. The van der Waals surface area contributed by atoms with E-state index in [1.54, 1.807) is 0 Å². The first kappa shape index (κ1) is 13.8. The number of pyridine rings is 1. The van der Waals surface area contributed by atoms with Crippen molar-refractivity contribution < 1.29 is 18.0 Å². The molecule has 1 aromatic heterocycles. The third-order valence-corrected chi connectivity index (χ3v) is 2.01. The molecule has 1 rings (SSSR count). The standard InChI is InChI=1S/C11H10F3N3O/c1-2-3-6-16-10-7(9(15)18)4-5-8(17-10)11(12,13)14/h1,4-5H,3,6H2,(H2,15,18)(H,16,17). The highest BCUT2D eigenvalue weighted by molar-refractivity contribution is 5.97. The van der Waals surface area contributed by atoms with E-state index in [1.807, 2.05) is 0 Å². The van der Waals surface area contributed by atoms with Gasteiger partial charge in [0.2, 0.25) is 0 Å². The molecule has 0 saturated carbocycles. The number of carbonyl (C=O) groups excluding carboxylic acids is 1. The van der Waals surface area contributed by atoms with Crippen LogP contribution >= 0.6 is 0 Å². The normalized spacial score (nSPS) is 10.8. The van der Waals surface area contributed by atoms with Crippen LogP contribution in [0.2, 0.25) is 0 Å². The van der Waals surface area contributed by atoms with Gasteiger partial charge in [-0.15, -0.1) is 12.3 Å². The summed E-state index contributed by atoms with van der Waals surface area (Å²) in [4.78, 5) is 14.4. The van der Waals surface area contributed by atoms with E-state index >= 15 is 0 Å². The van der Waals surface area contributed by atoms with Gasteiger partial charge in [-0.25, -0.2) is 4.98 Å². The van der Waals surface area contributed by atoms with Crippen molar-refractivity contribution >= 4 is 11.7 Å². The highest BCUT2D eigenvalue weighted by Crippen LogP contribution is 2.29. The first-order valence-electron chi connectivity index (χ1n) is 4.91. The van der Waals surface area contributed by atoms with Gasteiger partial charge in [0.15, 0.2) is 0 Å². The van der Waals surface area contributed by atoms with Gasteiger partial charge in [0.25, 0.3) is 5.91 Å².